The fourth-order valence-corrected chi connectivity index (χ4v) is 28.7. The van der Waals surface area contributed by atoms with Crippen molar-refractivity contribution in [3.8, 4) is 5.75 Å². The molecule has 0 bridgehead atoms. The quantitative estimate of drug-likeness (QED) is 0.0321. The van der Waals surface area contributed by atoms with E-state index in [4.69, 9.17) is 52.1 Å². The van der Waals surface area contributed by atoms with Gasteiger partial charge in [0.25, 0.3) is 0 Å². The SMILES string of the molecule is CC(C)C1CCCCO1.CC(C)CCCCOC1CCCCO1.CC(C)CCCOC1CCCCO1.CC(C)CCOC1CCCCO1.CC(C)CCOCCOC1CCCCO1.CC(C)Cc1ccccc1.CC(C)[Si](C)(C)C(C)(C)C.CC(C)[Si](c1ccccc1)(c1ccccc1)C(C)(C)C.CC[Si](CC)(CC)C(C)C.COc1ccc(CC(C)C)cc1. The number of hydrogen-bond acceptors (Lipinski definition) is 11. The molecule has 5 fully saturated rings. The van der Waals surface area contributed by atoms with Gasteiger partial charge in [-0.05, 0) is 222 Å². The molecule has 5 heterocycles. The molecule has 125 heavy (non-hydrogen) atoms. The van der Waals surface area contributed by atoms with Gasteiger partial charge in [0.15, 0.2) is 25.2 Å². The topological polar surface area (TPSA) is 102 Å². The van der Waals surface area contributed by atoms with Gasteiger partial charge in [-0.1, -0.05) is 369 Å². The summed E-state index contributed by atoms with van der Waals surface area (Å²) < 4.78 is 60.3. The van der Waals surface area contributed by atoms with Crippen LogP contribution in [0, 0.1) is 41.4 Å². The number of ether oxygens (including phenoxy) is 11. The summed E-state index contributed by atoms with van der Waals surface area (Å²) >= 11 is 0. The molecule has 4 aromatic rings. The zero-order valence-electron chi connectivity index (χ0n) is 88.0. The number of benzene rings is 4. The van der Waals surface area contributed by atoms with E-state index in [1.165, 1.54) is 132 Å². The monoisotopic (exact) mass is 1800 g/mol. The highest BCUT2D eigenvalue weighted by molar-refractivity contribution is 7.05. The Morgan fingerprint density at radius 3 is 0.976 bits per heavy atom. The molecular formula is C111H206O11Si3. The minimum Gasteiger partial charge on any atom is -0.497 e. The van der Waals surface area contributed by atoms with Crippen molar-refractivity contribution in [2.75, 3.05) is 79.8 Å². The van der Waals surface area contributed by atoms with Crippen LogP contribution in [0.4, 0.5) is 0 Å². The standard InChI is InChI=1S/C19H26Si.C12H24O3.C12H24O2.C11H22O2.C11H16O.C10H20O2.C10H14.2C9H22Si.C8H16O/c1-16(2)20(19(3,4)5,17-12-8-6-9-13-17)18-14-10-7-11-15-18;1-11(2)6-8-13-9-10-15-12-5-3-4-7-14-12;1-11(2)7-3-5-9-13-12-8-4-6-10-14-12;1-10(2)6-5-9-13-11-7-3-4-8-12-11;1-9(2)8-10-4-6-11(12-3)7-5-10;1-9(2)6-8-12-10-5-3-4-7-11-10;1-9(2)8-10-6-4-3-5-7-10;1-8(2)10(6,7)9(3,4)5;1-6-10(7-2,8-3)9(4)5;1-7(2)8-5-3-4-6-9-8/h6-16H,1-5H3;11-12H,3-10H2,1-2H3;11-12H,3-10H2,1-2H3;10-11H,3-9H2,1-2H3;4-7,9H,8H2,1-3H3;9-10H,3-8H2,1-2H3;3-7,9H,8H2,1-2H3;8H,1-7H3;9H,6-8H2,1-5H3;7-8H,3-6H2,1-2H3. The average molecular weight is 1800 g/mol. The predicted octanol–water partition coefficient (Wildman–Crippen LogP) is 31.7. The van der Waals surface area contributed by atoms with E-state index in [0.717, 1.165) is 157 Å². The molecule has 4 aromatic carbocycles. The zero-order chi connectivity index (χ0) is 94.1. The summed E-state index contributed by atoms with van der Waals surface area (Å²) in [4.78, 5) is 0. The Morgan fingerprint density at radius 2 is 0.688 bits per heavy atom. The van der Waals surface area contributed by atoms with Crippen LogP contribution in [0.3, 0.4) is 0 Å². The first-order valence-corrected chi connectivity index (χ1v) is 58.9. The Kier molecular flexibility index (Phi) is 70.7. The third-order valence-corrected chi connectivity index (χ3v) is 46.1. The lowest BCUT2D eigenvalue weighted by molar-refractivity contribution is -0.169. The van der Waals surface area contributed by atoms with Gasteiger partial charge in [0.1, 0.15) is 13.8 Å². The smallest absolute Gasteiger partial charge is 0.157 e. The number of hydrogen-bond donors (Lipinski definition) is 0. The summed E-state index contributed by atoms with van der Waals surface area (Å²) in [6.45, 7) is 81.3. The molecule has 11 nitrogen and oxygen atoms in total. The Morgan fingerprint density at radius 1 is 0.336 bits per heavy atom. The fourth-order valence-electron chi connectivity index (χ4n) is 16.5. The second kappa shape index (κ2) is 72.5. The van der Waals surface area contributed by atoms with Gasteiger partial charge in [-0.2, -0.15) is 0 Å². The molecule has 5 atom stereocenters. The first kappa shape index (κ1) is 122. The van der Waals surface area contributed by atoms with Crippen LogP contribution < -0.4 is 15.1 Å². The van der Waals surface area contributed by atoms with Crippen molar-refractivity contribution in [2.45, 2.75) is 444 Å². The molecule has 14 heteroatoms. The van der Waals surface area contributed by atoms with Gasteiger partial charge in [0, 0.05) is 59.5 Å². The maximum Gasteiger partial charge on any atom is 0.157 e. The van der Waals surface area contributed by atoms with E-state index in [0.29, 0.717) is 41.7 Å². The molecule has 5 aliphatic heterocycles. The van der Waals surface area contributed by atoms with Gasteiger partial charge in [0.2, 0.25) is 0 Å². The molecule has 0 aliphatic carbocycles. The fraction of sp³-hybridized carbons (Fsp3) is 0.784. The summed E-state index contributed by atoms with van der Waals surface area (Å²) in [6.07, 6.45) is 29.6. The van der Waals surface area contributed by atoms with Crippen LogP contribution in [0.1, 0.15) is 353 Å². The summed E-state index contributed by atoms with van der Waals surface area (Å²) in [5.74, 6) is 6.19. The number of unbranched alkanes of at least 4 members (excludes halogenated alkanes) is 1. The third-order valence-electron chi connectivity index (χ3n) is 26.1. The van der Waals surface area contributed by atoms with E-state index in [1.807, 2.05) is 12.1 Å². The predicted molar refractivity (Wildman–Crippen MR) is 553 cm³/mol. The van der Waals surface area contributed by atoms with Crippen LogP contribution in [0.15, 0.2) is 115 Å². The summed E-state index contributed by atoms with van der Waals surface area (Å²) in [7, 11) is -1.91. The van der Waals surface area contributed by atoms with Gasteiger partial charge in [-0.3, -0.25) is 0 Å². The Balaban J connectivity index is 0.00000138. The first-order chi connectivity index (χ1) is 59.2. The van der Waals surface area contributed by atoms with Crippen LogP contribution in [0.5, 0.6) is 5.75 Å². The minimum absolute atomic E-state index is 0.0208. The van der Waals surface area contributed by atoms with Crippen LogP contribution in [-0.4, -0.2) is 135 Å². The molecule has 0 N–H and O–H groups in total. The number of rotatable bonds is 36. The maximum absolute atomic E-state index is 5.64. The van der Waals surface area contributed by atoms with Crippen molar-refractivity contribution in [3.05, 3.63) is 126 Å². The lowest BCUT2D eigenvalue weighted by Gasteiger charge is -2.47. The molecule has 0 amide bonds. The second-order valence-electron chi connectivity index (χ2n) is 42.4. The van der Waals surface area contributed by atoms with Crippen LogP contribution >= 0.6 is 0 Å². The summed E-state index contributed by atoms with van der Waals surface area (Å²) in [6, 6.07) is 45.6. The average Bonchev–Trinajstić information content (AvgIpc) is 0.737. The Labute approximate surface area is 779 Å². The summed E-state index contributed by atoms with van der Waals surface area (Å²) in [5, 5.41) is 3.94. The minimum atomic E-state index is -1.83. The van der Waals surface area contributed by atoms with E-state index in [2.05, 4.69) is 317 Å². The number of methoxy groups -OCH3 is 1. The van der Waals surface area contributed by atoms with Crippen molar-refractivity contribution in [1.29, 1.82) is 0 Å². The highest BCUT2D eigenvalue weighted by Gasteiger charge is 2.49. The molecule has 0 saturated carbocycles. The molecule has 5 saturated heterocycles. The largest absolute Gasteiger partial charge is 0.497 e. The van der Waals surface area contributed by atoms with Crippen molar-refractivity contribution in [3.63, 3.8) is 0 Å². The molecule has 5 unspecified atom stereocenters. The summed E-state index contributed by atoms with van der Waals surface area (Å²) in [5.41, 5.74) is 5.36. The molecule has 728 valence electrons. The normalized spacial score (nSPS) is 18.2. The van der Waals surface area contributed by atoms with E-state index in [-0.39, 0.29) is 30.2 Å². The van der Waals surface area contributed by atoms with Crippen molar-refractivity contribution < 1.29 is 52.1 Å². The van der Waals surface area contributed by atoms with Gasteiger partial charge >= 0.3 is 0 Å². The molecule has 0 spiro atoms. The maximum atomic E-state index is 5.64. The van der Waals surface area contributed by atoms with E-state index in [9.17, 15) is 0 Å². The zero-order valence-corrected chi connectivity index (χ0v) is 91.0. The Bertz CT molecular complexity index is 2910. The van der Waals surface area contributed by atoms with Crippen LogP contribution in [0.25, 0.3) is 0 Å². The van der Waals surface area contributed by atoms with E-state index >= 15 is 0 Å². The van der Waals surface area contributed by atoms with Crippen molar-refractivity contribution >= 4 is 34.6 Å². The molecule has 0 aromatic heterocycles. The van der Waals surface area contributed by atoms with Crippen LogP contribution in [-0.2, 0) is 60.2 Å². The molecular weight excluding hydrogens is 1590 g/mol. The lowest BCUT2D eigenvalue weighted by Crippen LogP contribution is -2.66. The lowest BCUT2D eigenvalue weighted by atomic mass is 9.99. The first-order valence-electron chi connectivity index (χ1n) is 51.1. The van der Waals surface area contributed by atoms with Crippen LogP contribution in [0.2, 0.25) is 57.9 Å². The van der Waals surface area contributed by atoms with Gasteiger partial charge in [0.05, 0.1) is 42.6 Å². The van der Waals surface area contributed by atoms with E-state index in [1.54, 1.807) is 17.5 Å². The Hall–Kier alpha value is -3.07. The highest BCUT2D eigenvalue weighted by Crippen LogP contribution is 2.44. The van der Waals surface area contributed by atoms with Crippen molar-refractivity contribution in [2.24, 2.45) is 41.4 Å². The molecule has 5 aliphatic rings. The van der Waals surface area contributed by atoms with Gasteiger partial charge in [-0.15, -0.1) is 0 Å². The van der Waals surface area contributed by atoms with Gasteiger partial charge < -0.3 is 52.1 Å². The molecule has 9 rings (SSSR count). The van der Waals surface area contributed by atoms with Crippen molar-refractivity contribution in [1.82, 2.24) is 0 Å². The second-order valence-corrected chi connectivity index (χ2v) is 59.9. The van der Waals surface area contributed by atoms with Gasteiger partial charge in [-0.25, -0.2) is 0 Å². The molecule has 0 radical (unpaired) electrons. The third kappa shape index (κ3) is 57.9. The van der Waals surface area contributed by atoms with E-state index < -0.39 is 24.2 Å². The highest BCUT2D eigenvalue weighted by atomic mass is 28.3.